The molecule has 2 aromatic carbocycles. The minimum absolute atomic E-state index is 0.302. The molecule has 140 valence electrons. The van der Waals surface area contributed by atoms with Gasteiger partial charge in [-0.05, 0) is 41.3 Å². The van der Waals surface area contributed by atoms with Crippen LogP contribution < -0.4 is 4.74 Å². The van der Waals surface area contributed by atoms with E-state index in [1.807, 2.05) is 18.2 Å². The van der Waals surface area contributed by atoms with Crippen LogP contribution in [0.15, 0.2) is 53.4 Å². The maximum atomic E-state index is 12.7. The summed E-state index contributed by atoms with van der Waals surface area (Å²) in [5.41, 5.74) is 2.09. The second kappa shape index (κ2) is 8.20. The average Bonchev–Trinajstić information content (AvgIpc) is 2.67. The van der Waals surface area contributed by atoms with Crippen LogP contribution in [0.4, 0.5) is 0 Å². The van der Waals surface area contributed by atoms with E-state index in [0.717, 1.165) is 11.3 Å². The topological polar surface area (TPSA) is 55.8 Å². The molecule has 0 atom stereocenters. The largest absolute Gasteiger partial charge is 0.489 e. The molecule has 5 nitrogen and oxygen atoms in total. The molecule has 0 unspecified atom stereocenters. The molecule has 1 aliphatic heterocycles. The van der Waals surface area contributed by atoms with E-state index in [2.05, 4.69) is 26.0 Å². The Labute approximate surface area is 155 Å². The predicted molar refractivity (Wildman–Crippen MR) is 101 cm³/mol. The molecule has 0 radical (unpaired) electrons. The molecule has 2 aromatic rings. The first-order valence-electron chi connectivity index (χ1n) is 8.86. The Morgan fingerprint density at radius 3 is 2.42 bits per heavy atom. The van der Waals surface area contributed by atoms with Gasteiger partial charge >= 0.3 is 0 Å². The van der Waals surface area contributed by atoms with Crippen molar-refractivity contribution < 1.29 is 17.9 Å². The highest BCUT2D eigenvalue weighted by molar-refractivity contribution is 7.89. The smallest absolute Gasteiger partial charge is 0.243 e. The molecule has 1 aliphatic rings. The molecule has 0 bridgehead atoms. The summed E-state index contributed by atoms with van der Waals surface area (Å²) in [5, 5.41) is 0. The van der Waals surface area contributed by atoms with Crippen molar-refractivity contribution >= 4 is 10.0 Å². The lowest BCUT2D eigenvalue weighted by Gasteiger charge is -2.26. The Hall–Kier alpha value is -1.89. The summed E-state index contributed by atoms with van der Waals surface area (Å²) in [6.45, 7) is 6.29. The fraction of sp³-hybridized carbons (Fsp3) is 0.400. The standard InChI is InChI=1S/C20H25NO4S/c1-16(2)18-6-8-19(9-7-18)25-15-17-4-3-5-20(14-17)26(22,23)21-10-12-24-13-11-21/h3-9,14,16H,10-13,15H2,1-2H3. The van der Waals surface area contributed by atoms with E-state index in [0.29, 0.717) is 43.7 Å². The van der Waals surface area contributed by atoms with Crippen molar-refractivity contribution in [3.8, 4) is 5.75 Å². The summed E-state index contributed by atoms with van der Waals surface area (Å²) in [6.07, 6.45) is 0. The van der Waals surface area contributed by atoms with Crippen LogP contribution in [0.5, 0.6) is 5.75 Å². The fourth-order valence-corrected chi connectivity index (χ4v) is 4.33. The summed E-state index contributed by atoms with van der Waals surface area (Å²) in [7, 11) is -3.48. The third-order valence-corrected chi connectivity index (χ3v) is 6.35. The third kappa shape index (κ3) is 4.44. The summed E-state index contributed by atoms with van der Waals surface area (Å²) < 4.78 is 38.0. The first kappa shape index (κ1) is 18.9. The van der Waals surface area contributed by atoms with Gasteiger partial charge in [-0.15, -0.1) is 0 Å². The quantitative estimate of drug-likeness (QED) is 0.776. The van der Waals surface area contributed by atoms with Crippen LogP contribution in [-0.4, -0.2) is 39.0 Å². The summed E-state index contributed by atoms with van der Waals surface area (Å²) in [5.74, 6) is 1.25. The number of nitrogens with zero attached hydrogens (tertiary/aromatic N) is 1. The number of rotatable bonds is 6. The number of ether oxygens (including phenoxy) is 2. The van der Waals surface area contributed by atoms with Crippen molar-refractivity contribution in [1.82, 2.24) is 4.31 Å². The normalized spacial score (nSPS) is 16.0. The van der Waals surface area contributed by atoms with Crippen molar-refractivity contribution in [2.75, 3.05) is 26.3 Å². The van der Waals surface area contributed by atoms with Gasteiger partial charge in [0, 0.05) is 13.1 Å². The van der Waals surface area contributed by atoms with E-state index >= 15 is 0 Å². The summed E-state index contributed by atoms with van der Waals surface area (Å²) in [4.78, 5) is 0.302. The predicted octanol–water partition coefficient (Wildman–Crippen LogP) is 3.41. The highest BCUT2D eigenvalue weighted by Gasteiger charge is 2.26. The monoisotopic (exact) mass is 375 g/mol. The molecule has 0 N–H and O–H groups in total. The van der Waals surface area contributed by atoms with E-state index in [9.17, 15) is 8.42 Å². The second-order valence-corrected chi connectivity index (χ2v) is 8.61. The van der Waals surface area contributed by atoms with Crippen LogP contribution in [0, 0.1) is 0 Å². The van der Waals surface area contributed by atoms with Gasteiger partial charge < -0.3 is 9.47 Å². The van der Waals surface area contributed by atoms with Gasteiger partial charge in [0.25, 0.3) is 0 Å². The summed E-state index contributed by atoms with van der Waals surface area (Å²) in [6, 6.07) is 15.0. The summed E-state index contributed by atoms with van der Waals surface area (Å²) >= 11 is 0. The number of hydrogen-bond donors (Lipinski definition) is 0. The number of benzene rings is 2. The van der Waals surface area contributed by atoms with Crippen LogP contribution in [0.1, 0.15) is 30.9 Å². The van der Waals surface area contributed by atoms with Crippen LogP contribution >= 0.6 is 0 Å². The molecule has 0 spiro atoms. The number of morpholine rings is 1. The SMILES string of the molecule is CC(C)c1ccc(OCc2cccc(S(=O)(=O)N3CCOCC3)c2)cc1. The minimum atomic E-state index is -3.48. The van der Waals surface area contributed by atoms with Gasteiger partial charge in [-0.25, -0.2) is 8.42 Å². The van der Waals surface area contributed by atoms with E-state index < -0.39 is 10.0 Å². The Morgan fingerprint density at radius 2 is 1.77 bits per heavy atom. The Bertz CT molecular complexity index is 825. The van der Waals surface area contributed by atoms with Crippen molar-refractivity contribution in [3.05, 3.63) is 59.7 Å². The zero-order valence-electron chi connectivity index (χ0n) is 15.2. The van der Waals surface area contributed by atoms with Gasteiger partial charge in [-0.2, -0.15) is 4.31 Å². The molecule has 0 aromatic heterocycles. The van der Waals surface area contributed by atoms with Gasteiger partial charge in [0.1, 0.15) is 12.4 Å². The minimum Gasteiger partial charge on any atom is -0.489 e. The van der Waals surface area contributed by atoms with Crippen LogP contribution in [0.25, 0.3) is 0 Å². The number of sulfonamides is 1. The Balaban J connectivity index is 1.69. The second-order valence-electron chi connectivity index (χ2n) is 6.68. The highest BCUT2D eigenvalue weighted by Crippen LogP contribution is 2.21. The zero-order chi connectivity index (χ0) is 18.6. The van der Waals surface area contributed by atoms with Crippen molar-refractivity contribution in [3.63, 3.8) is 0 Å². The molecule has 0 aliphatic carbocycles. The van der Waals surface area contributed by atoms with Crippen molar-refractivity contribution in [1.29, 1.82) is 0 Å². The Morgan fingerprint density at radius 1 is 1.08 bits per heavy atom. The van der Waals surface area contributed by atoms with E-state index in [-0.39, 0.29) is 0 Å². The Kier molecular flexibility index (Phi) is 5.96. The van der Waals surface area contributed by atoms with Crippen LogP contribution in [0.3, 0.4) is 0 Å². The zero-order valence-corrected chi connectivity index (χ0v) is 16.0. The fourth-order valence-electron chi connectivity index (χ4n) is 2.85. The average molecular weight is 375 g/mol. The van der Waals surface area contributed by atoms with E-state index in [4.69, 9.17) is 9.47 Å². The van der Waals surface area contributed by atoms with E-state index in [1.54, 1.807) is 18.2 Å². The molecule has 0 amide bonds. The number of hydrogen-bond acceptors (Lipinski definition) is 4. The molecule has 1 fully saturated rings. The molecule has 1 heterocycles. The molecular weight excluding hydrogens is 350 g/mol. The van der Waals surface area contributed by atoms with Crippen LogP contribution in [-0.2, 0) is 21.4 Å². The lowest BCUT2D eigenvalue weighted by atomic mass is 10.0. The molecule has 6 heteroatoms. The van der Waals surface area contributed by atoms with Gasteiger partial charge in [0.05, 0.1) is 18.1 Å². The molecule has 3 rings (SSSR count). The lowest BCUT2D eigenvalue weighted by molar-refractivity contribution is 0.0730. The highest BCUT2D eigenvalue weighted by atomic mass is 32.2. The molecule has 26 heavy (non-hydrogen) atoms. The van der Waals surface area contributed by atoms with Gasteiger partial charge in [-0.3, -0.25) is 0 Å². The van der Waals surface area contributed by atoms with E-state index in [1.165, 1.54) is 9.87 Å². The lowest BCUT2D eigenvalue weighted by Crippen LogP contribution is -2.40. The maximum Gasteiger partial charge on any atom is 0.243 e. The van der Waals surface area contributed by atoms with Gasteiger partial charge in [0.2, 0.25) is 10.0 Å². The van der Waals surface area contributed by atoms with Crippen LogP contribution in [0.2, 0.25) is 0 Å². The first-order chi connectivity index (χ1) is 12.5. The third-order valence-electron chi connectivity index (χ3n) is 4.46. The molecule has 0 saturated carbocycles. The first-order valence-corrected chi connectivity index (χ1v) is 10.3. The van der Waals surface area contributed by atoms with Crippen molar-refractivity contribution in [2.24, 2.45) is 0 Å². The van der Waals surface area contributed by atoms with Crippen molar-refractivity contribution in [2.45, 2.75) is 31.3 Å². The molecular formula is C20H25NO4S. The maximum absolute atomic E-state index is 12.7. The van der Waals surface area contributed by atoms with Gasteiger partial charge in [-0.1, -0.05) is 38.1 Å². The van der Waals surface area contributed by atoms with Gasteiger partial charge in [0.15, 0.2) is 0 Å². The molecule has 1 saturated heterocycles.